The smallest absolute Gasteiger partial charge is 0.225 e. The van der Waals surface area contributed by atoms with Crippen LogP contribution >= 0.6 is 0 Å². The third-order valence-corrected chi connectivity index (χ3v) is 3.53. The summed E-state index contributed by atoms with van der Waals surface area (Å²) in [5, 5.41) is 3.56. The topological polar surface area (TPSA) is 41.6 Å². The first-order valence-electron chi connectivity index (χ1n) is 6.89. The molecule has 0 aromatic heterocycles. The van der Waals surface area contributed by atoms with Crippen LogP contribution < -0.4 is 5.32 Å². The molecule has 1 rings (SSSR count). The van der Waals surface area contributed by atoms with E-state index in [-0.39, 0.29) is 11.4 Å². The fourth-order valence-corrected chi connectivity index (χ4v) is 2.51. The summed E-state index contributed by atoms with van der Waals surface area (Å²) in [5.41, 5.74) is -0.0989. The van der Waals surface area contributed by atoms with E-state index in [0.29, 0.717) is 25.0 Å². The molecule has 0 bridgehead atoms. The van der Waals surface area contributed by atoms with E-state index >= 15 is 0 Å². The lowest BCUT2D eigenvalue weighted by Gasteiger charge is -2.46. The summed E-state index contributed by atoms with van der Waals surface area (Å²) >= 11 is 0. The molecule has 1 N–H and O–H groups in total. The molecule has 1 atom stereocenters. The van der Waals surface area contributed by atoms with Crippen LogP contribution in [0.3, 0.4) is 0 Å². The molecule has 0 aliphatic carbocycles. The maximum absolute atomic E-state index is 12.2. The van der Waals surface area contributed by atoms with Gasteiger partial charge in [-0.3, -0.25) is 4.79 Å². The first-order chi connectivity index (χ1) is 8.36. The average molecular weight is 256 g/mol. The van der Waals surface area contributed by atoms with E-state index in [1.54, 1.807) is 7.11 Å². The minimum atomic E-state index is -0.0989. The maximum atomic E-state index is 12.2. The number of carbonyl (C=O) groups excluding carboxylic acids is 1. The number of rotatable bonds is 5. The van der Waals surface area contributed by atoms with Crippen LogP contribution in [0.15, 0.2) is 0 Å². The van der Waals surface area contributed by atoms with Gasteiger partial charge in [0.1, 0.15) is 0 Å². The second-order valence-electron chi connectivity index (χ2n) is 6.27. The summed E-state index contributed by atoms with van der Waals surface area (Å²) in [6, 6.07) is 0.421. The van der Waals surface area contributed by atoms with Crippen LogP contribution in [0.2, 0.25) is 0 Å². The molecule has 1 unspecified atom stereocenters. The molecular weight excluding hydrogens is 228 g/mol. The van der Waals surface area contributed by atoms with Crippen molar-refractivity contribution in [2.45, 2.75) is 52.1 Å². The highest BCUT2D eigenvalue weighted by atomic mass is 16.5. The van der Waals surface area contributed by atoms with Crippen molar-refractivity contribution >= 4 is 5.91 Å². The van der Waals surface area contributed by atoms with Crippen LogP contribution in [0, 0.1) is 5.92 Å². The molecule has 1 aliphatic rings. The normalized spacial score (nSPS) is 23.4. The molecule has 0 aromatic carbocycles. The number of carbonyl (C=O) groups is 1. The van der Waals surface area contributed by atoms with E-state index in [0.717, 1.165) is 19.5 Å². The zero-order valence-electron chi connectivity index (χ0n) is 12.5. The predicted octanol–water partition coefficient (Wildman–Crippen LogP) is 1.65. The summed E-state index contributed by atoms with van der Waals surface area (Å²) in [6.07, 6.45) is 1.60. The number of hydrogen-bond donors (Lipinski definition) is 1. The summed E-state index contributed by atoms with van der Waals surface area (Å²) in [5.74, 6) is 0.858. The first-order valence-corrected chi connectivity index (χ1v) is 6.89. The number of ether oxygens (including phenoxy) is 1. The average Bonchev–Trinajstić information content (AvgIpc) is 2.27. The molecule has 0 saturated carbocycles. The van der Waals surface area contributed by atoms with Gasteiger partial charge in [-0.25, -0.2) is 0 Å². The Morgan fingerprint density at radius 1 is 1.50 bits per heavy atom. The molecule has 1 amide bonds. The van der Waals surface area contributed by atoms with Gasteiger partial charge in [0.25, 0.3) is 0 Å². The lowest BCUT2D eigenvalue weighted by atomic mass is 9.93. The van der Waals surface area contributed by atoms with Crippen LogP contribution in [-0.4, -0.2) is 49.2 Å². The molecule has 0 aromatic rings. The minimum absolute atomic E-state index is 0.0989. The van der Waals surface area contributed by atoms with Crippen LogP contribution in [0.5, 0.6) is 0 Å². The second kappa shape index (κ2) is 6.53. The lowest BCUT2D eigenvalue weighted by Crippen LogP contribution is -2.63. The third-order valence-electron chi connectivity index (χ3n) is 3.53. The van der Waals surface area contributed by atoms with E-state index in [1.807, 2.05) is 4.90 Å². The van der Waals surface area contributed by atoms with E-state index < -0.39 is 0 Å². The number of amides is 1. The highest BCUT2D eigenvalue weighted by Crippen LogP contribution is 2.22. The van der Waals surface area contributed by atoms with E-state index in [9.17, 15) is 4.79 Å². The van der Waals surface area contributed by atoms with Crippen molar-refractivity contribution in [2.24, 2.45) is 5.92 Å². The van der Waals surface area contributed by atoms with Crippen LogP contribution in [0.4, 0.5) is 0 Å². The Morgan fingerprint density at radius 3 is 2.72 bits per heavy atom. The molecule has 106 valence electrons. The molecule has 1 heterocycles. The number of piperazine rings is 1. The van der Waals surface area contributed by atoms with Crippen LogP contribution in [0.25, 0.3) is 0 Å². The van der Waals surface area contributed by atoms with Gasteiger partial charge in [0, 0.05) is 31.8 Å². The molecule has 1 aliphatic heterocycles. The monoisotopic (exact) mass is 256 g/mol. The van der Waals surface area contributed by atoms with E-state index in [1.165, 1.54) is 0 Å². The van der Waals surface area contributed by atoms with E-state index in [4.69, 9.17) is 4.74 Å². The van der Waals surface area contributed by atoms with Crippen LogP contribution in [-0.2, 0) is 9.53 Å². The van der Waals surface area contributed by atoms with Gasteiger partial charge in [0.2, 0.25) is 5.91 Å². The van der Waals surface area contributed by atoms with Crippen molar-refractivity contribution in [1.82, 2.24) is 10.2 Å². The van der Waals surface area contributed by atoms with Gasteiger partial charge in [0.05, 0.1) is 13.0 Å². The van der Waals surface area contributed by atoms with Gasteiger partial charge < -0.3 is 15.0 Å². The van der Waals surface area contributed by atoms with Crippen molar-refractivity contribution in [3.63, 3.8) is 0 Å². The zero-order chi connectivity index (χ0) is 13.8. The predicted molar refractivity (Wildman–Crippen MR) is 73.5 cm³/mol. The minimum Gasteiger partial charge on any atom is -0.384 e. The summed E-state index contributed by atoms with van der Waals surface area (Å²) in [7, 11) is 1.64. The number of nitrogens with zero attached hydrogens (tertiary/aromatic N) is 1. The molecule has 1 fully saturated rings. The fraction of sp³-hybridized carbons (Fsp3) is 0.929. The van der Waals surface area contributed by atoms with Crippen molar-refractivity contribution in [3.8, 4) is 0 Å². The number of methoxy groups -OCH3 is 1. The van der Waals surface area contributed by atoms with Gasteiger partial charge in [-0.15, -0.1) is 0 Å². The molecular formula is C14H28N2O2. The lowest BCUT2D eigenvalue weighted by molar-refractivity contribution is -0.139. The Morgan fingerprint density at radius 2 is 2.17 bits per heavy atom. The molecule has 4 nitrogen and oxygen atoms in total. The molecule has 0 spiro atoms. The molecule has 0 radical (unpaired) electrons. The molecule has 4 heteroatoms. The molecule has 18 heavy (non-hydrogen) atoms. The SMILES string of the molecule is COCCC(=O)N1CC(CC(C)C)NCC1(C)C. The maximum Gasteiger partial charge on any atom is 0.225 e. The van der Waals surface area contributed by atoms with Gasteiger partial charge in [0.15, 0.2) is 0 Å². The second-order valence-corrected chi connectivity index (χ2v) is 6.27. The summed E-state index contributed by atoms with van der Waals surface area (Å²) < 4.78 is 5.00. The van der Waals surface area contributed by atoms with Crippen molar-refractivity contribution in [2.75, 3.05) is 26.8 Å². The zero-order valence-corrected chi connectivity index (χ0v) is 12.5. The third kappa shape index (κ3) is 4.25. The van der Waals surface area contributed by atoms with E-state index in [2.05, 4.69) is 33.0 Å². The Kier molecular flexibility index (Phi) is 5.60. The summed E-state index contributed by atoms with van der Waals surface area (Å²) in [6.45, 7) is 10.9. The largest absolute Gasteiger partial charge is 0.384 e. The quantitative estimate of drug-likeness (QED) is 0.813. The van der Waals surface area contributed by atoms with Crippen molar-refractivity contribution < 1.29 is 9.53 Å². The number of hydrogen-bond acceptors (Lipinski definition) is 3. The Balaban J connectivity index is 2.62. The highest BCUT2D eigenvalue weighted by Gasteiger charge is 2.36. The van der Waals surface area contributed by atoms with Crippen LogP contribution in [0.1, 0.15) is 40.5 Å². The Labute approximate surface area is 111 Å². The highest BCUT2D eigenvalue weighted by molar-refractivity contribution is 5.77. The standard InChI is InChI=1S/C14H28N2O2/c1-11(2)8-12-9-16(13(17)6-7-18-5)14(3,4)10-15-12/h11-12,15H,6-10H2,1-5H3. The van der Waals surface area contributed by atoms with Crippen molar-refractivity contribution in [3.05, 3.63) is 0 Å². The molecule has 1 saturated heterocycles. The fourth-order valence-electron chi connectivity index (χ4n) is 2.51. The Bertz CT molecular complexity index is 277. The van der Waals surface area contributed by atoms with Gasteiger partial charge >= 0.3 is 0 Å². The van der Waals surface area contributed by atoms with Gasteiger partial charge in [-0.2, -0.15) is 0 Å². The first kappa shape index (κ1) is 15.4. The Hall–Kier alpha value is -0.610. The van der Waals surface area contributed by atoms with Gasteiger partial charge in [-0.1, -0.05) is 13.8 Å². The number of nitrogens with one attached hydrogen (secondary N) is 1. The van der Waals surface area contributed by atoms with Crippen molar-refractivity contribution in [1.29, 1.82) is 0 Å². The van der Waals surface area contributed by atoms with Gasteiger partial charge in [-0.05, 0) is 26.2 Å². The summed E-state index contributed by atoms with van der Waals surface area (Å²) in [4.78, 5) is 14.2.